The van der Waals surface area contributed by atoms with Crippen molar-refractivity contribution in [3.8, 4) is 0 Å². The average molecular weight is 281 g/mol. The molecule has 0 spiro atoms. The zero-order valence-electron chi connectivity index (χ0n) is 12.1. The summed E-state index contributed by atoms with van der Waals surface area (Å²) in [5.74, 6) is 0.487. The number of hydrogen-bond donors (Lipinski definition) is 2. The predicted molar refractivity (Wildman–Crippen MR) is 77.7 cm³/mol. The van der Waals surface area contributed by atoms with Crippen molar-refractivity contribution in [1.82, 2.24) is 9.78 Å². The van der Waals surface area contributed by atoms with E-state index in [2.05, 4.69) is 10.4 Å². The van der Waals surface area contributed by atoms with Crippen LogP contribution in [-0.4, -0.2) is 26.8 Å². The van der Waals surface area contributed by atoms with Crippen LogP contribution >= 0.6 is 0 Å². The molecule has 7 heteroatoms. The smallest absolute Gasteiger partial charge is 0.334 e. The summed E-state index contributed by atoms with van der Waals surface area (Å²) in [6.07, 6.45) is 5.60. The van der Waals surface area contributed by atoms with E-state index in [0.717, 1.165) is 32.1 Å². The Bertz CT molecular complexity index is 485. The second kappa shape index (κ2) is 6.21. The van der Waals surface area contributed by atoms with Crippen LogP contribution < -0.4 is 11.1 Å². The molecule has 112 valence electrons. The van der Waals surface area contributed by atoms with Gasteiger partial charge in [-0.3, -0.25) is 10.1 Å². The van der Waals surface area contributed by atoms with Crippen LogP contribution in [-0.2, 0) is 13.5 Å². The first-order chi connectivity index (χ1) is 9.54. The van der Waals surface area contributed by atoms with Gasteiger partial charge in [0.25, 0.3) is 0 Å². The second-order valence-electron chi connectivity index (χ2n) is 5.47. The van der Waals surface area contributed by atoms with Crippen molar-refractivity contribution in [3.05, 3.63) is 15.8 Å². The molecule has 2 rings (SSSR count). The summed E-state index contributed by atoms with van der Waals surface area (Å²) in [6.45, 7) is 1.99. The molecule has 1 saturated carbocycles. The summed E-state index contributed by atoms with van der Waals surface area (Å²) in [5.41, 5.74) is 6.76. The number of aryl methyl sites for hydroxylation is 2. The number of rotatable bonds is 5. The van der Waals surface area contributed by atoms with E-state index in [4.69, 9.17) is 5.73 Å². The van der Waals surface area contributed by atoms with Gasteiger partial charge < -0.3 is 11.1 Å². The summed E-state index contributed by atoms with van der Waals surface area (Å²) < 4.78 is 1.57. The average Bonchev–Trinajstić information content (AvgIpc) is 2.69. The molecule has 0 unspecified atom stereocenters. The minimum absolute atomic E-state index is 0.0490. The first-order valence-corrected chi connectivity index (χ1v) is 7.27. The van der Waals surface area contributed by atoms with E-state index in [1.54, 1.807) is 11.7 Å². The van der Waals surface area contributed by atoms with Crippen molar-refractivity contribution in [2.24, 2.45) is 12.8 Å². The maximum absolute atomic E-state index is 11.3. The molecule has 0 bridgehead atoms. The normalized spacial score (nSPS) is 22.8. The van der Waals surface area contributed by atoms with E-state index >= 15 is 0 Å². The van der Waals surface area contributed by atoms with Gasteiger partial charge in [-0.05, 0) is 19.3 Å². The van der Waals surface area contributed by atoms with E-state index < -0.39 is 0 Å². The van der Waals surface area contributed by atoms with Gasteiger partial charge in [-0.2, -0.15) is 5.10 Å². The molecule has 1 heterocycles. The lowest BCUT2D eigenvalue weighted by atomic mass is 9.91. The molecule has 1 aromatic heterocycles. The van der Waals surface area contributed by atoms with Gasteiger partial charge in [-0.25, -0.2) is 4.68 Å². The molecule has 0 aromatic carbocycles. The Labute approximate surface area is 118 Å². The Hall–Kier alpha value is -1.63. The number of anilines is 1. The number of nitrogens with one attached hydrogen (secondary N) is 1. The van der Waals surface area contributed by atoms with Crippen molar-refractivity contribution < 1.29 is 4.92 Å². The third-order valence-electron chi connectivity index (χ3n) is 3.90. The van der Waals surface area contributed by atoms with Gasteiger partial charge in [0, 0.05) is 19.1 Å². The fraction of sp³-hybridized carbons (Fsp3) is 0.769. The predicted octanol–water partition coefficient (Wildman–Crippen LogP) is 1.96. The molecule has 20 heavy (non-hydrogen) atoms. The molecular formula is C13H23N5O2. The van der Waals surface area contributed by atoms with Crippen molar-refractivity contribution >= 4 is 11.5 Å². The van der Waals surface area contributed by atoms with E-state index in [9.17, 15) is 10.1 Å². The number of aromatic nitrogens is 2. The summed E-state index contributed by atoms with van der Waals surface area (Å²) in [7, 11) is 1.74. The zero-order chi connectivity index (χ0) is 14.7. The maximum atomic E-state index is 11.3. The van der Waals surface area contributed by atoms with Crippen LogP contribution in [0.15, 0.2) is 0 Å². The van der Waals surface area contributed by atoms with E-state index in [1.165, 1.54) is 0 Å². The van der Waals surface area contributed by atoms with Crippen LogP contribution in [0.3, 0.4) is 0 Å². The molecule has 1 aromatic rings. The largest absolute Gasteiger partial charge is 0.360 e. The highest BCUT2D eigenvalue weighted by Crippen LogP contribution is 2.31. The summed E-state index contributed by atoms with van der Waals surface area (Å²) >= 11 is 0. The first kappa shape index (κ1) is 14.8. The fourth-order valence-corrected chi connectivity index (χ4v) is 2.84. The van der Waals surface area contributed by atoms with E-state index in [0.29, 0.717) is 17.9 Å². The van der Waals surface area contributed by atoms with Crippen molar-refractivity contribution in [2.75, 3.05) is 5.32 Å². The Kier molecular flexibility index (Phi) is 4.59. The minimum atomic E-state index is -0.339. The lowest BCUT2D eigenvalue weighted by Crippen LogP contribution is -2.43. The highest BCUT2D eigenvalue weighted by atomic mass is 16.6. The molecule has 1 aliphatic rings. The van der Waals surface area contributed by atoms with Gasteiger partial charge in [0.1, 0.15) is 5.69 Å². The Morgan fingerprint density at radius 2 is 2.20 bits per heavy atom. The summed E-state index contributed by atoms with van der Waals surface area (Å²) in [6, 6.07) is 0.139. The lowest BCUT2D eigenvalue weighted by Gasteiger charge is -2.29. The summed E-state index contributed by atoms with van der Waals surface area (Å²) in [4.78, 5) is 11.0. The van der Waals surface area contributed by atoms with Gasteiger partial charge in [-0.1, -0.05) is 26.2 Å². The fourth-order valence-electron chi connectivity index (χ4n) is 2.84. The van der Waals surface area contributed by atoms with Crippen molar-refractivity contribution in [2.45, 2.75) is 57.5 Å². The number of hydrogen-bond acceptors (Lipinski definition) is 5. The monoisotopic (exact) mass is 281 g/mol. The molecule has 1 aliphatic carbocycles. The van der Waals surface area contributed by atoms with Crippen LogP contribution in [0.25, 0.3) is 0 Å². The molecule has 1 fully saturated rings. The molecule has 0 radical (unpaired) electrons. The highest BCUT2D eigenvalue weighted by molar-refractivity contribution is 5.60. The van der Waals surface area contributed by atoms with E-state index in [1.807, 2.05) is 6.92 Å². The SMILES string of the molecule is CCCc1nn(C)c(N[C@@H]2CCCC[C@H]2N)c1[N+](=O)[O-]. The zero-order valence-corrected chi connectivity index (χ0v) is 12.1. The van der Waals surface area contributed by atoms with Gasteiger partial charge >= 0.3 is 5.69 Å². The molecule has 2 atom stereocenters. The Morgan fingerprint density at radius 3 is 2.80 bits per heavy atom. The van der Waals surface area contributed by atoms with Gasteiger partial charge in [-0.15, -0.1) is 0 Å². The van der Waals surface area contributed by atoms with E-state index in [-0.39, 0.29) is 22.7 Å². The second-order valence-corrected chi connectivity index (χ2v) is 5.47. The Morgan fingerprint density at radius 1 is 1.50 bits per heavy atom. The molecule has 0 saturated heterocycles. The number of nitrogens with two attached hydrogens (primary N) is 1. The van der Waals surface area contributed by atoms with Crippen molar-refractivity contribution in [1.29, 1.82) is 0 Å². The Balaban J connectivity index is 2.27. The number of nitro groups is 1. The van der Waals surface area contributed by atoms with Crippen molar-refractivity contribution in [3.63, 3.8) is 0 Å². The van der Waals surface area contributed by atoms with Crippen LogP contribution in [0.2, 0.25) is 0 Å². The molecule has 0 aliphatic heterocycles. The lowest BCUT2D eigenvalue weighted by molar-refractivity contribution is -0.384. The summed E-state index contributed by atoms with van der Waals surface area (Å²) in [5, 5.41) is 18.9. The van der Waals surface area contributed by atoms with Gasteiger partial charge in [0.15, 0.2) is 0 Å². The van der Waals surface area contributed by atoms with Gasteiger partial charge in [0.2, 0.25) is 5.82 Å². The quantitative estimate of drug-likeness (QED) is 0.635. The third-order valence-corrected chi connectivity index (χ3v) is 3.90. The van der Waals surface area contributed by atoms with Crippen LogP contribution in [0.5, 0.6) is 0 Å². The number of nitrogens with zero attached hydrogens (tertiary/aromatic N) is 3. The van der Waals surface area contributed by atoms with Crippen LogP contribution in [0.1, 0.15) is 44.7 Å². The van der Waals surface area contributed by atoms with Crippen LogP contribution in [0.4, 0.5) is 11.5 Å². The minimum Gasteiger partial charge on any atom is -0.360 e. The maximum Gasteiger partial charge on any atom is 0.334 e. The topological polar surface area (TPSA) is 99.0 Å². The van der Waals surface area contributed by atoms with Crippen LogP contribution in [0, 0.1) is 10.1 Å². The first-order valence-electron chi connectivity index (χ1n) is 7.27. The van der Waals surface area contributed by atoms with Gasteiger partial charge in [0.05, 0.1) is 4.92 Å². The molecule has 3 N–H and O–H groups in total. The molecule has 7 nitrogen and oxygen atoms in total. The molecular weight excluding hydrogens is 258 g/mol. The highest BCUT2D eigenvalue weighted by Gasteiger charge is 2.30. The standard InChI is InChI=1S/C13H23N5O2/c1-3-6-11-12(18(19)20)13(17(2)16-11)15-10-8-5-4-7-9(10)14/h9-10,15H,3-8,14H2,1-2H3/t9-,10-/m1/s1. The third kappa shape index (κ3) is 2.92. The molecule has 0 amide bonds.